The summed E-state index contributed by atoms with van der Waals surface area (Å²) < 4.78 is 0. The van der Waals surface area contributed by atoms with Crippen LogP contribution in [0.2, 0.25) is 0 Å². The fourth-order valence-corrected chi connectivity index (χ4v) is 2.01. The van der Waals surface area contributed by atoms with Crippen molar-refractivity contribution >= 4 is 0 Å². The highest BCUT2D eigenvalue weighted by atomic mass is 16.3. The van der Waals surface area contributed by atoms with Crippen LogP contribution < -0.4 is 5.32 Å². The Kier molecular flexibility index (Phi) is 1.24. The Labute approximate surface area is 55.3 Å². The third kappa shape index (κ3) is 0.775. The second-order valence-corrected chi connectivity index (χ2v) is 3.29. The van der Waals surface area contributed by atoms with Gasteiger partial charge in [-0.2, -0.15) is 0 Å². The molecular formula is C7H13NO. The van der Waals surface area contributed by atoms with Gasteiger partial charge >= 0.3 is 0 Å². The fourth-order valence-electron chi connectivity index (χ4n) is 2.01. The molecule has 2 fully saturated rings. The van der Waals surface area contributed by atoms with E-state index in [2.05, 4.69) is 5.32 Å². The molecule has 9 heavy (non-hydrogen) atoms. The zero-order valence-corrected chi connectivity index (χ0v) is 5.51. The largest absolute Gasteiger partial charge is 0.396 e. The zero-order valence-electron chi connectivity index (χ0n) is 5.51. The maximum atomic E-state index is 8.80. The third-order valence-corrected chi connectivity index (χ3v) is 2.69. The summed E-state index contributed by atoms with van der Waals surface area (Å²) in [6.07, 6.45) is 2.47. The van der Waals surface area contributed by atoms with Crippen LogP contribution in [0.15, 0.2) is 0 Å². The lowest BCUT2D eigenvalue weighted by Gasteiger charge is -2.31. The predicted molar refractivity (Wildman–Crippen MR) is 35.1 cm³/mol. The summed E-state index contributed by atoms with van der Waals surface area (Å²) in [6, 6.07) is 0.766. The molecule has 2 nitrogen and oxygen atoms in total. The Hall–Kier alpha value is -0.0800. The summed E-state index contributed by atoms with van der Waals surface area (Å²) in [6.45, 7) is 1.59. The Bertz CT molecular complexity index is 103. The maximum Gasteiger partial charge on any atom is 0.0459 e. The number of hydrogen-bond acceptors (Lipinski definition) is 2. The summed E-state index contributed by atoms with van der Waals surface area (Å²) in [5.41, 5.74) is 0. The summed E-state index contributed by atoms with van der Waals surface area (Å²) in [5.74, 6) is 1.51. The molecule has 0 aromatic rings. The van der Waals surface area contributed by atoms with E-state index in [4.69, 9.17) is 5.11 Å². The number of hydrogen-bond donors (Lipinski definition) is 2. The molecule has 1 aliphatic carbocycles. The fraction of sp³-hybridized carbons (Fsp3) is 1.00. The Morgan fingerprint density at radius 3 is 2.67 bits per heavy atom. The summed E-state index contributed by atoms with van der Waals surface area (Å²) in [7, 11) is 0. The first kappa shape index (κ1) is 5.69. The van der Waals surface area contributed by atoms with Gasteiger partial charge in [-0.1, -0.05) is 0 Å². The highest BCUT2D eigenvalue weighted by molar-refractivity contribution is 4.96. The average Bonchev–Trinajstić information content (AvgIpc) is 2.10. The topological polar surface area (TPSA) is 32.3 Å². The second-order valence-electron chi connectivity index (χ2n) is 3.29. The number of nitrogens with one attached hydrogen (secondary N) is 1. The minimum absolute atomic E-state index is 0.398. The molecule has 2 rings (SSSR count). The summed E-state index contributed by atoms with van der Waals surface area (Å²) in [4.78, 5) is 0. The van der Waals surface area contributed by atoms with Gasteiger partial charge in [-0.05, 0) is 31.2 Å². The van der Waals surface area contributed by atoms with Crippen molar-refractivity contribution in [2.24, 2.45) is 11.8 Å². The van der Waals surface area contributed by atoms with Gasteiger partial charge in [0.1, 0.15) is 0 Å². The van der Waals surface area contributed by atoms with Gasteiger partial charge in [-0.15, -0.1) is 0 Å². The van der Waals surface area contributed by atoms with Crippen LogP contribution in [-0.4, -0.2) is 24.3 Å². The van der Waals surface area contributed by atoms with Crippen LogP contribution in [0.5, 0.6) is 0 Å². The van der Waals surface area contributed by atoms with Crippen molar-refractivity contribution in [2.45, 2.75) is 18.9 Å². The predicted octanol–water partition coefficient (Wildman–Crippen LogP) is -0.0233. The van der Waals surface area contributed by atoms with E-state index in [9.17, 15) is 0 Å². The molecule has 0 spiro atoms. The number of fused-ring (bicyclic) bond motifs is 1. The van der Waals surface area contributed by atoms with Crippen molar-refractivity contribution in [3.63, 3.8) is 0 Å². The van der Waals surface area contributed by atoms with Crippen molar-refractivity contribution in [3.05, 3.63) is 0 Å². The summed E-state index contributed by atoms with van der Waals surface area (Å²) in [5, 5.41) is 12.2. The molecule has 2 aliphatic rings. The minimum atomic E-state index is 0.398. The molecule has 52 valence electrons. The molecule has 1 aliphatic heterocycles. The lowest BCUT2D eigenvalue weighted by atomic mass is 9.96. The van der Waals surface area contributed by atoms with Crippen LogP contribution in [0.3, 0.4) is 0 Å². The molecule has 3 atom stereocenters. The van der Waals surface area contributed by atoms with Gasteiger partial charge in [0, 0.05) is 12.6 Å². The minimum Gasteiger partial charge on any atom is -0.396 e. The van der Waals surface area contributed by atoms with Gasteiger partial charge in [0.25, 0.3) is 0 Å². The van der Waals surface area contributed by atoms with Gasteiger partial charge in [0.05, 0.1) is 0 Å². The van der Waals surface area contributed by atoms with Crippen LogP contribution in [0, 0.1) is 11.8 Å². The van der Waals surface area contributed by atoms with Gasteiger partial charge < -0.3 is 10.4 Å². The Balaban J connectivity index is 1.91. The van der Waals surface area contributed by atoms with Crippen LogP contribution in [0.4, 0.5) is 0 Å². The number of aliphatic hydroxyl groups excluding tert-OH is 1. The highest BCUT2D eigenvalue weighted by Gasteiger charge is 2.39. The van der Waals surface area contributed by atoms with Gasteiger partial charge in [0.2, 0.25) is 0 Å². The monoisotopic (exact) mass is 127 g/mol. The van der Waals surface area contributed by atoms with E-state index in [0.29, 0.717) is 12.5 Å². The first-order valence-corrected chi connectivity index (χ1v) is 3.74. The number of aliphatic hydroxyl groups is 1. The van der Waals surface area contributed by atoms with E-state index in [0.717, 1.165) is 12.0 Å². The average molecular weight is 127 g/mol. The Morgan fingerprint density at radius 1 is 1.44 bits per heavy atom. The Morgan fingerprint density at radius 2 is 2.33 bits per heavy atom. The highest BCUT2D eigenvalue weighted by Crippen LogP contribution is 2.35. The van der Waals surface area contributed by atoms with E-state index < -0.39 is 0 Å². The molecule has 3 unspecified atom stereocenters. The van der Waals surface area contributed by atoms with Crippen molar-refractivity contribution in [1.82, 2.24) is 5.32 Å². The SMILES string of the molecule is OCC1CC2CNC2C1. The van der Waals surface area contributed by atoms with Crippen LogP contribution in [0.25, 0.3) is 0 Å². The van der Waals surface area contributed by atoms with Crippen molar-refractivity contribution in [2.75, 3.05) is 13.2 Å². The quantitative estimate of drug-likeness (QED) is 0.518. The molecule has 0 aromatic carbocycles. The standard InChI is InChI=1S/C7H13NO/c9-4-5-1-6-3-8-7(6)2-5/h5-9H,1-4H2. The molecule has 2 heteroatoms. The second kappa shape index (κ2) is 1.96. The zero-order chi connectivity index (χ0) is 6.27. The molecule has 1 saturated heterocycles. The molecular weight excluding hydrogens is 114 g/mol. The van der Waals surface area contributed by atoms with E-state index in [1.165, 1.54) is 19.4 Å². The first-order chi connectivity index (χ1) is 4.40. The van der Waals surface area contributed by atoms with Gasteiger partial charge in [0.15, 0.2) is 0 Å². The van der Waals surface area contributed by atoms with Crippen molar-refractivity contribution in [1.29, 1.82) is 0 Å². The molecule has 0 amide bonds. The van der Waals surface area contributed by atoms with E-state index in [1.807, 2.05) is 0 Å². The molecule has 0 aromatic heterocycles. The first-order valence-electron chi connectivity index (χ1n) is 3.74. The maximum absolute atomic E-state index is 8.80. The molecule has 2 N–H and O–H groups in total. The third-order valence-electron chi connectivity index (χ3n) is 2.69. The van der Waals surface area contributed by atoms with Crippen LogP contribution in [-0.2, 0) is 0 Å². The summed E-state index contributed by atoms with van der Waals surface area (Å²) >= 11 is 0. The van der Waals surface area contributed by atoms with E-state index >= 15 is 0 Å². The normalized spacial score (nSPS) is 48.3. The lowest BCUT2D eigenvalue weighted by Crippen LogP contribution is -2.49. The van der Waals surface area contributed by atoms with Gasteiger partial charge in [-0.3, -0.25) is 0 Å². The number of rotatable bonds is 1. The van der Waals surface area contributed by atoms with Gasteiger partial charge in [-0.25, -0.2) is 0 Å². The van der Waals surface area contributed by atoms with Crippen molar-refractivity contribution in [3.8, 4) is 0 Å². The van der Waals surface area contributed by atoms with Crippen LogP contribution in [0.1, 0.15) is 12.8 Å². The molecule has 1 heterocycles. The van der Waals surface area contributed by atoms with E-state index in [-0.39, 0.29) is 0 Å². The molecule has 0 radical (unpaired) electrons. The van der Waals surface area contributed by atoms with Crippen molar-refractivity contribution < 1.29 is 5.11 Å². The molecule has 0 bridgehead atoms. The smallest absolute Gasteiger partial charge is 0.0459 e. The lowest BCUT2D eigenvalue weighted by molar-refractivity contribution is 0.227. The van der Waals surface area contributed by atoms with Crippen LogP contribution >= 0.6 is 0 Å². The van der Waals surface area contributed by atoms with E-state index in [1.54, 1.807) is 0 Å². The molecule has 1 saturated carbocycles.